The van der Waals surface area contributed by atoms with Crippen LogP contribution < -0.4 is 19.9 Å². The van der Waals surface area contributed by atoms with E-state index in [4.69, 9.17) is 9.47 Å². The molecule has 0 bridgehead atoms. The summed E-state index contributed by atoms with van der Waals surface area (Å²) in [6.07, 6.45) is 5.14. The zero-order valence-electron chi connectivity index (χ0n) is 19.0. The number of nitrogens with zero attached hydrogens (tertiary/aromatic N) is 4. The first-order valence-electron chi connectivity index (χ1n) is 11.6. The zero-order chi connectivity index (χ0) is 22.3. The molecule has 0 radical (unpaired) electrons. The van der Waals surface area contributed by atoms with Gasteiger partial charge in [0.25, 0.3) is 0 Å². The third-order valence-electron chi connectivity index (χ3n) is 6.24. The lowest BCUT2D eigenvalue weighted by atomic mass is 9.95. The van der Waals surface area contributed by atoms with Crippen molar-refractivity contribution in [2.24, 2.45) is 5.92 Å². The first-order valence-corrected chi connectivity index (χ1v) is 11.6. The molecule has 32 heavy (non-hydrogen) atoms. The fourth-order valence-corrected chi connectivity index (χ4v) is 4.37. The Balaban J connectivity index is 1.32. The van der Waals surface area contributed by atoms with E-state index in [0.717, 1.165) is 75.1 Å². The second-order valence-electron chi connectivity index (χ2n) is 8.32. The molecule has 172 valence electrons. The summed E-state index contributed by atoms with van der Waals surface area (Å²) < 4.78 is 11.0. The minimum atomic E-state index is -0.0355. The second kappa shape index (κ2) is 10.6. The summed E-state index contributed by atoms with van der Waals surface area (Å²) in [4.78, 5) is 26.3. The number of carbonyl (C=O) groups is 1. The van der Waals surface area contributed by atoms with Crippen molar-refractivity contribution in [3.8, 4) is 5.75 Å². The summed E-state index contributed by atoms with van der Waals surface area (Å²) in [7, 11) is 0. The van der Waals surface area contributed by atoms with Crippen LogP contribution in [-0.4, -0.2) is 61.9 Å². The van der Waals surface area contributed by atoms with Gasteiger partial charge >= 0.3 is 0 Å². The number of anilines is 2. The number of hydrogen-bond donors (Lipinski definition) is 1. The van der Waals surface area contributed by atoms with E-state index in [1.807, 2.05) is 44.3 Å². The largest absolute Gasteiger partial charge is 0.494 e. The SMILES string of the molecule is CCOc1ccc(C(C)NC(=O)C2CCN(c3cncnc3N3CCOCC3)CC2)cc1. The van der Waals surface area contributed by atoms with Crippen molar-refractivity contribution in [3.05, 3.63) is 42.4 Å². The Labute approximate surface area is 189 Å². The average molecular weight is 440 g/mol. The maximum absolute atomic E-state index is 12.9. The van der Waals surface area contributed by atoms with Gasteiger partial charge in [-0.25, -0.2) is 9.97 Å². The third-order valence-corrected chi connectivity index (χ3v) is 6.24. The molecule has 1 unspecified atom stereocenters. The molecule has 2 aliphatic heterocycles. The van der Waals surface area contributed by atoms with Crippen LogP contribution in [0.1, 0.15) is 38.3 Å². The van der Waals surface area contributed by atoms with Crippen LogP contribution in [-0.2, 0) is 9.53 Å². The van der Waals surface area contributed by atoms with Gasteiger partial charge in [0.1, 0.15) is 12.1 Å². The minimum Gasteiger partial charge on any atom is -0.494 e. The molecular formula is C24H33N5O3. The summed E-state index contributed by atoms with van der Waals surface area (Å²) in [5, 5.41) is 3.19. The van der Waals surface area contributed by atoms with Crippen LogP contribution in [0.2, 0.25) is 0 Å². The Morgan fingerprint density at radius 2 is 1.88 bits per heavy atom. The number of carbonyl (C=O) groups excluding carboxylic acids is 1. The molecule has 1 atom stereocenters. The molecule has 4 rings (SSSR count). The van der Waals surface area contributed by atoms with Gasteiger partial charge in [-0.2, -0.15) is 0 Å². The number of piperidine rings is 1. The van der Waals surface area contributed by atoms with Crippen molar-refractivity contribution in [2.75, 3.05) is 55.8 Å². The Morgan fingerprint density at radius 3 is 2.56 bits per heavy atom. The molecular weight excluding hydrogens is 406 g/mol. The van der Waals surface area contributed by atoms with Crippen molar-refractivity contribution >= 4 is 17.4 Å². The van der Waals surface area contributed by atoms with Crippen LogP contribution in [0.15, 0.2) is 36.8 Å². The number of amides is 1. The molecule has 0 saturated carbocycles. The lowest BCUT2D eigenvalue weighted by Gasteiger charge is -2.36. The van der Waals surface area contributed by atoms with Crippen LogP contribution in [0, 0.1) is 5.92 Å². The highest BCUT2D eigenvalue weighted by Gasteiger charge is 2.28. The molecule has 2 aliphatic rings. The predicted molar refractivity (Wildman–Crippen MR) is 124 cm³/mol. The molecule has 1 aromatic carbocycles. The maximum atomic E-state index is 12.9. The number of ether oxygens (including phenoxy) is 2. The number of hydrogen-bond acceptors (Lipinski definition) is 7. The van der Waals surface area contributed by atoms with Crippen LogP contribution >= 0.6 is 0 Å². The fourth-order valence-electron chi connectivity index (χ4n) is 4.37. The van der Waals surface area contributed by atoms with Crippen LogP contribution in [0.4, 0.5) is 11.5 Å². The van der Waals surface area contributed by atoms with Crippen molar-refractivity contribution in [2.45, 2.75) is 32.7 Å². The van der Waals surface area contributed by atoms with Crippen LogP contribution in [0.3, 0.4) is 0 Å². The van der Waals surface area contributed by atoms with Gasteiger partial charge in [-0.1, -0.05) is 12.1 Å². The highest BCUT2D eigenvalue weighted by atomic mass is 16.5. The summed E-state index contributed by atoms with van der Waals surface area (Å²) in [6, 6.07) is 7.90. The Kier molecular flexibility index (Phi) is 7.42. The van der Waals surface area contributed by atoms with Gasteiger partial charge in [-0.15, -0.1) is 0 Å². The van der Waals surface area contributed by atoms with Gasteiger partial charge in [0.05, 0.1) is 37.7 Å². The average Bonchev–Trinajstić information content (AvgIpc) is 2.85. The molecule has 0 spiro atoms. The second-order valence-corrected chi connectivity index (χ2v) is 8.32. The van der Waals surface area contributed by atoms with E-state index >= 15 is 0 Å². The van der Waals surface area contributed by atoms with Crippen molar-refractivity contribution in [1.82, 2.24) is 15.3 Å². The standard InChI is InChI=1S/C24H33N5O3/c1-3-32-21-6-4-19(5-7-21)18(2)27-24(30)20-8-10-28(11-9-20)22-16-25-17-26-23(22)29-12-14-31-15-13-29/h4-7,16-18,20H,3,8-15H2,1-2H3,(H,27,30). The van der Waals surface area contributed by atoms with Gasteiger partial charge in [0.15, 0.2) is 5.82 Å². The monoisotopic (exact) mass is 439 g/mol. The molecule has 2 fully saturated rings. The maximum Gasteiger partial charge on any atom is 0.223 e. The first-order chi connectivity index (χ1) is 15.7. The molecule has 8 nitrogen and oxygen atoms in total. The number of aromatic nitrogens is 2. The normalized spacial score (nSPS) is 18.3. The van der Waals surface area contributed by atoms with E-state index < -0.39 is 0 Å². The van der Waals surface area contributed by atoms with Gasteiger partial charge < -0.3 is 24.6 Å². The Morgan fingerprint density at radius 1 is 1.16 bits per heavy atom. The number of benzene rings is 1. The predicted octanol–water partition coefficient (Wildman–Crippen LogP) is 2.81. The van der Waals surface area contributed by atoms with Gasteiger partial charge in [0, 0.05) is 32.1 Å². The van der Waals surface area contributed by atoms with E-state index in [0.29, 0.717) is 6.61 Å². The smallest absolute Gasteiger partial charge is 0.223 e. The summed E-state index contributed by atoms with van der Waals surface area (Å²) in [5.74, 6) is 1.97. The number of nitrogens with one attached hydrogen (secondary N) is 1. The molecule has 2 aromatic rings. The van der Waals surface area contributed by atoms with Gasteiger partial charge in [0.2, 0.25) is 5.91 Å². The van der Waals surface area contributed by atoms with Crippen molar-refractivity contribution < 1.29 is 14.3 Å². The summed E-state index contributed by atoms with van der Waals surface area (Å²) in [6.45, 7) is 9.40. The molecule has 1 amide bonds. The van der Waals surface area contributed by atoms with Gasteiger partial charge in [-0.05, 0) is 44.4 Å². The van der Waals surface area contributed by atoms with Crippen LogP contribution in [0.25, 0.3) is 0 Å². The van der Waals surface area contributed by atoms with Gasteiger partial charge in [-0.3, -0.25) is 4.79 Å². The fraction of sp³-hybridized carbons (Fsp3) is 0.542. The van der Waals surface area contributed by atoms with Crippen molar-refractivity contribution in [1.29, 1.82) is 0 Å². The first kappa shape index (κ1) is 22.3. The van der Waals surface area contributed by atoms with E-state index in [2.05, 4.69) is 25.1 Å². The summed E-state index contributed by atoms with van der Waals surface area (Å²) in [5.41, 5.74) is 2.13. The highest BCUT2D eigenvalue weighted by molar-refractivity contribution is 5.79. The molecule has 0 aliphatic carbocycles. The topological polar surface area (TPSA) is 79.8 Å². The molecule has 2 saturated heterocycles. The molecule has 1 aromatic heterocycles. The van der Waals surface area contributed by atoms with E-state index in [9.17, 15) is 4.79 Å². The van der Waals surface area contributed by atoms with E-state index in [1.165, 1.54) is 0 Å². The van der Waals surface area contributed by atoms with E-state index in [1.54, 1.807) is 6.33 Å². The quantitative estimate of drug-likeness (QED) is 0.711. The minimum absolute atomic E-state index is 0.0212. The lowest BCUT2D eigenvalue weighted by molar-refractivity contribution is -0.126. The summed E-state index contributed by atoms with van der Waals surface area (Å²) >= 11 is 0. The third kappa shape index (κ3) is 5.30. The Hall–Kier alpha value is -2.87. The van der Waals surface area contributed by atoms with Crippen LogP contribution in [0.5, 0.6) is 5.75 Å². The van der Waals surface area contributed by atoms with Crippen molar-refractivity contribution in [3.63, 3.8) is 0 Å². The lowest BCUT2D eigenvalue weighted by Crippen LogP contribution is -2.43. The zero-order valence-corrected chi connectivity index (χ0v) is 19.0. The molecule has 8 heteroatoms. The number of rotatable bonds is 7. The molecule has 1 N–H and O–H groups in total. The Bertz CT molecular complexity index is 877. The molecule has 3 heterocycles. The van der Waals surface area contributed by atoms with E-state index in [-0.39, 0.29) is 17.9 Å². The highest BCUT2D eigenvalue weighted by Crippen LogP contribution is 2.30. The number of morpholine rings is 1.